The van der Waals surface area contributed by atoms with Crippen LogP contribution >= 0.6 is 23.4 Å². The minimum absolute atomic E-state index is 0.0494. The highest BCUT2D eigenvalue weighted by Gasteiger charge is 2.28. The third kappa shape index (κ3) is 4.04. The molecule has 6 heteroatoms. The van der Waals surface area contributed by atoms with E-state index >= 15 is 0 Å². The van der Waals surface area contributed by atoms with Crippen molar-refractivity contribution in [3.05, 3.63) is 82.9 Å². The first-order valence-electron chi connectivity index (χ1n) is 8.47. The number of carbonyl (C=O) groups excluding carboxylic acids is 1. The molecule has 0 unspecified atom stereocenters. The van der Waals surface area contributed by atoms with Gasteiger partial charge in [-0.15, -0.1) is 5.10 Å². The maximum absolute atomic E-state index is 12.4. The van der Waals surface area contributed by atoms with Crippen LogP contribution in [-0.2, 0) is 11.3 Å². The monoisotopic (exact) mass is 393 g/mol. The molecule has 1 amide bonds. The molecule has 4 nitrogen and oxygen atoms in total. The Labute approximate surface area is 166 Å². The van der Waals surface area contributed by atoms with Crippen LogP contribution in [0.2, 0.25) is 5.02 Å². The SMILES string of the molecule is O=C1CS/C(=N/N=C/c2ccc(Cl)cc2)N1Cc1cccc2ccccc12. The van der Waals surface area contributed by atoms with Gasteiger partial charge in [-0.1, -0.05) is 78.0 Å². The number of rotatable bonds is 4. The molecule has 1 aliphatic heterocycles. The highest BCUT2D eigenvalue weighted by molar-refractivity contribution is 8.15. The molecule has 0 bridgehead atoms. The van der Waals surface area contributed by atoms with Gasteiger partial charge < -0.3 is 0 Å². The van der Waals surface area contributed by atoms with E-state index < -0.39 is 0 Å². The van der Waals surface area contributed by atoms with Crippen molar-refractivity contribution in [3.8, 4) is 0 Å². The molecule has 0 aromatic heterocycles. The summed E-state index contributed by atoms with van der Waals surface area (Å²) in [6.07, 6.45) is 1.66. The number of benzene rings is 3. The molecule has 0 N–H and O–H groups in total. The maximum atomic E-state index is 12.4. The van der Waals surface area contributed by atoms with Crippen LogP contribution in [0.4, 0.5) is 0 Å². The summed E-state index contributed by atoms with van der Waals surface area (Å²) in [4.78, 5) is 14.1. The zero-order valence-corrected chi connectivity index (χ0v) is 16.0. The van der Waals surface area contributed by atoms with Gasteiger partial charge in [0.05, 0.1) is 18.5 Å². The average molecular weight is 394 g/mol. The Morgan fingerprint density at radius 3 is 2.67 bits per heavy atom. The Balaban J connectivity index is 1.57. The molecule has 0 saturated carbocycles. The summed E-state index contributed by atoms with van der Waals surface area (Å²) in [6.45, 7) is 0.489. The molecule has 3 aromatic carbocycles. The van der Waals surface area contributed by atoms with Crippen LogP contribution in [-0.4, -0.2) is 27.9 Å². The molecule has 0 atom stereocenters. The number of fused-ring (bicyclic) bond motifs is 1. The number of hydrogen-bond acceptors (Lipinski definition) is 4. The zero-order chi connectivity index (χ0) is 18.6. The van der Waals surface area contributed by atoms with Crippen LogP contribution in [0.15, 0.2) is 76.9 Å². The quantitative estimate of drug-likeness (QED) is 0.464. The first-order chi connectivity index (χ1) is 13.2. The van der Waals surface area contributed by atoms with Crippen molar-refractivity contribution in [3.63, 3.8) is 0 Å². The molecule has 134 valence electrons. The van der Waals surface area contributed by atoms with Gasteiger partial charge in [-0.3, -0.25) is 9.69 Å². The molecule has 0 spiro atoms. The number of amidine groups is 1. The Hall–Kier alpha value is -2.63. The lowest BCUT2D eigenvalue weighted by molar-refractivity contribution is -0.124. The van der Waals surface area contributed by atoms with Gasteiger partial charge in [-0.05, 0) is 34.0 Å². The normalized spacial score (nSPS) is 16.1. The lowest BCUT2D eigenvalue weighted by Gasteiger charge is -2.16. The minimum Gasteiger partial charge on any atom is -0.285 e. The minimum atomic E-state index is 0.0494. The van der Waals surface area contributed by atoms with Gasteiger partial charge in [0.1, 0.15) is 0 Å². The van der Waals surface area contributed by atoms with E-state index in [1.165, 1.54) is 11.8 Å². The number of halogens is 1. The summed E-state index contributed by atoms with van der Waals surface area (Å²) in [6, 6.07) is 21.7. The molecule has 0 radical (unpaired) electrons. The summed E-state index contributed by atoms with van der Waals surface area (Å²) in [5.74, 6) is 0.438. The van der Waals surface area contributed by atoms with Gasteiger partial charge in [0.25, 0.3) is 0 Å². The van der Waals surface area contributed by atoms with Crippen molar-refractivity contribution < 1.29 is 4.79 Å². The standard InChI is InChI=1S/C21H16ClN3OS/c22-18-10-8-15(9-11-18)12-23-24-21-25(20(26)14-27-21)13-17-6-3-5-16-4-1-2-7-19(16)17/h1-12H,13-14H2/b23-12+,24-21+. The lowest BCUT2D eigenvalue weighted by atomic mass is 10.0. The molecule has 1 aliphatic rings. The number of nitrogens with zero attached hydrogens (tertiary/aromatic N) is 3. The van der Waals surface area contributed by atoms with E-state index in [1.807, 2.05) is 36.4 Å². The highest BCUT2D eigenvalue weighted by Crippen LogP contribution is 2.25. The predicted molar refractivity (Wildman–Crippen MR) is 113 cm³/mol. The molecule has 27 heavy (non-hydrogen) atoms. The Bertz CT molecular complexity index is 1040. The molecular formula is C21H16ClN3OS. The molecule has 3 aromatic rings. The van der Waals surface area contributed by atoms with Gasteiger partial charge >= 0.3 is 0 Å². The van der Waals surface area contributed by atoms with E-state index in [-0.39, 0.29) is 5.91 Å². The first kappa shape index (κ1) is 17.8. The van der Waals surface area contributed by atoms with Crippen LogP contribution in [0.25, 0.3) is 10.8 Å². The third-order valence-corrected chi connectivity index (χ3v) is 5.49. The van der Waals surface area contributed by atoms with Crippen LogP contribution in [0.5, 0.6) is 0 Å². The summed E-state index contributed by atoms with van der Waals surface area (Å²) < 4.78 is 0. The molecule has 4 rings (SSSR count). The van der Waals surface area contributed by atoms with Crippen molar-refractivity contribution in [2.75, 3.05) is 5.75 Å². The van der Waals surface area contributed by atoms with Crippen molar-refractivity contribution in [1.29, 1.82) is 0 Å². The Kier molecular flexibility index (Phi) is 5.23. The molecule has 1 fully saturated rings. The molecule has 1 heterocycles. The predicted octanol–water partition coefficient (Wildman–Crippen LogP) is 4.96. The van der Waals surface area contributed by atoms with Gasteiger partial charge in [0, 0.05) is 5.02 Å². The number of carbonyl (C=O) groups is 1. The fourth-order valence-electron chi connectivity index (χ4n) is 2.92. The first-order valence-corrected chi connectivity index (χ1v) is 9.83. The van der Waals surface area contributed by atoms with E-state index in [9.17, 15) is 4.79 Å². The number of amides is 1. The fourth-order valence-corrected chi connectivity index (χ4v) is 3.88. The summed E-state index contributed by atoms with van der Waals surface area (Å²) in [5.41, 5.74) is 2.00. The Morgan fingerprint density at radius 2 is 1.81 bits per heavy atom. The topological polar surface area (TPSA) is 45.0 Å². The van der Waals surface area contributed by atoms with Crippen LogP contribution in [0.3, 0.4) is 0 Å². The smallest absolute Gasteiger partial charge is 0.239 e. The van der Waals surface area contributed by atoms with Crippen LogP contribution in [0.1, 0.15) is 11.1 Å². The molecule has 0 aliphatic carbocycles. The molecular weight excluding hydrogens is 378 g/mol. The van der Waals surface area contributed by atoms with E-state index in [0.29, 0.717) is 22.5 Å². The summed E-state index contributed by atoms with van der Waals surface area (Å²) in [5, 5.41) is 12.0. The van der Waals surface area contributed by atoms with E-state index in [2.05, 4.69) is 28.4 Å². The van der Waals surface area contributed by atoms with Crippen LogP contribution < -0.4 is 0 Å². The highest BCUT2D eigenvalue weighted by atomic mass is 35.5. The van der Waals surface area contributed by atoms with Crippen LogP contribution in [0, 0.1) is 0 Å². The third-order valence-electron chi connectivity index (χ3n) is 4.29. The Morgan fingerprint density at radius 1 is 1.04 bits per heavy atom. The van der Waals surface area contributed by atoms with E-state index in [1.54, 1.807) is 23.2 Å². The largest absolute Gasteiger partial charge is 0.285 e. The second kappa shape index (κ2) is 7.94. The van der Waals surface area contributed by atoms with E-state index in [0.717, 1.165) is 21.9 Å². The summed E-state index contributed by atoms with van der Waals surface area (Å²) in [7, 11) is 0. The van der Waals surface area contributed by atoms with Gasteiger partial charge in [-0.2, -0.15) is 5.10 Å². The van der Waals surface area contributed by atoms with E-state index in [4.69, 9.17) is 11.6 Å². The second-order valence-electron chi connectivity index (χ2n) is 6.09. The molecule has 1 saturated heterocycles. The zero-order valence-electron chi connectivity index (χ0n) is 14.4. The van der Waals surface area contributed by atoms with Crippen molar-refractivity contribution in [2.24, 2.45) is 10.2 Å². The maximum Gasteiger partial charge on any atom is 0.239 e. The summed E-state index contributed by atoms with van der Waals surface area (Å²) >= 11 is 7.30. The van der Waals surface area contributed by atoms with Crippen molar-refractivity contribution >= 4 is 51.4 Å². The van der Waals surface area contributed by atoms with Gasteiger partial charge in [0.2, 0.25) is 5.91 Å². The average Bonchev–Trinajstić information content (AvgIpc) is 3.03. The van der Waals surface area contributed by atoms with Crippen molar-refractivity contribution in [2.45, 2.75) is 6.54 Å². The lowest BCUT2D eigenvalue weighted by Crippen LogP contribution is -2.28. The van der Waals surface area contributed by atoms with Gasteiger partial charge in [0.15, 0.2) is 5.17 Å². The van der Waals surface area contributed by atoms with Crippen molar-refractivity contribution in [1.82, 2.24) is 4.90 Å². The fraction of sp³-hybridized carbons (Fsp3) is 0.0952. The number of hydrogen-bond donors (Lipinski definition) is 0. The number of thioether (sulfide) groups is 1. The second-order valence-corrected chi connectivity index (χ2v) is 7.46. The van der Waals surface area contributed by atoms with Gasteiger partial charge in [-0.25, -0.2) is 0 Å².